The van der Waals surface area contributed by atoms with E-state index in [1.54, 1.807) is 39.8 Å². The molecule has 0 bridgehead atoms. The number of benzene rings is 1. The molecule has 1 aromatic rings. The number of phenols is 1. The summed E-state index contributed by atoms with van der Waals surface area (Å²) in [7, 11) is 0. The average molecular weight is 508 g/mol. The largest absolute Gasteiger partial charge is 0.508 e. The fourth-order valence-electron chi connectivity index (χ4n) is 3.92. The molecule has 0 spiro atoms. The van der Waals surface area contributed by atoms with Gasteiger partial charge < -0.3 is 30.5 Å². The molecule has 0 aromatic heterocycles. The summed E-state index contributed by atoms with van der Waals surface area (Å²) in [6.07, 6.45) is 1.49. The van der Waals surface area contributed by atoms with Crippen molar-refractivity contribution in [2.24, 2.45) is 5.92 Å². The number of alkyl carbamates (subject to hydrolysis) is 1. The first-order chi connectivity index (χ1) is 16.7. The van der Waals surface area contributed by atoms with E-state index >= 15 is 0 Å². The Morgan fingerprint density at radius 1 is 1.11 bits per heavy atom. The van der Waals surface area contributed by atoms with Gasteiger partial charge in [-0.3, -0.25) is 9.59 Å². The van der Waals surface area contributed by atoms with Crippen LogP contribution in [-0.4, -0.2) is 63.9 Å². The van der Waals surface area contributed by atoms with Gasteiger partial charge in [0.2, 0.25) is 11.8 Å². The van der Waals surface area contributed by atoms with Crippen LogP contribution in [-0.2, 0) is 14.3 Å². The van der Waals surface area contributed by atoms with E-state index in [-0.39, 0.29) is 30.9 Å². The van der Waals surface area contributed by atoms with Gasteiger partial charge in [0, 0.05) is 12.6 Å². The maximum absolute atomic E-state index is 13.9. The SMILES string of the molecule is CCCC(C)NC(=O)C(c1ccc(O)c(C)c1)N(CCO)C(=O)C(NC(=O)OC(C)(C)C)C(C)CC. The molecule has 9 nitrogen and oxygen atoms in total. The van der Waals surface area contributed by atoms with Crippen LogP contribution in [0.2, 0.25) is 0 Å². The number of nitrogens with one attached hydrogen (secondary N) is 2. The summed E-state index contributed by atoms with van der Waals surface area (Å²) < 4.78 is 5.38. The quantitative estimate of drug-likeness (QED) is 0.341. The second-order valence-corrected chi connectivity index (χ2v) is 10.4. The summed E-state index contributed by atoms with van der Waals surface area (Å²) in [5.74, 6) is -1.10. The van der Waals surface area contributed by atoms with Gasteiger partial charge in [-0.25, -0.2) is 4.79 Å². The van der Waals surface area contributed by atoms with Gasteiger partial charge in [-0.15, -0.1) is 0 Å². The lowest BCUT2D eigenvalue weighted by atomic mass is 9.95. The first-order valence-corrected chi connectivity index (χ1v) is 12.8. The second-order valence-electron chi connectivity index (χ2n) is 10.4. The maximum Gasteiger partial charge on any atom is 0.408 e. The van der Waals surface area contributed by atoms with Gasteiger partial charge in [0.15, 0.2) is 0 Å². The number of nitrogens with zero attached hydrogens (tertiary/aromatic N) is 1. The number of aryl methyl sites for hydroxylation is 1. The highest BCUT2D eigenvalue weighted by Gasteiger charge is 2.38. The lowest BCUT2D eigenvalue weighted by Crippen LogP contribution is -2.56. The van der Waals surface area contributed by atoms with Crippen LogP contribution in [0.25, 0.3) is 0 Å². The molecule has 1 rings (SSSR count). The minimum atomic E-state index is -1.07. The third-order valence-corrected chi connectivity index (χ3v) is 5.98. The molecule has 0 aliphatic heterocycles. The predicted octanol–water partition coefficient (Wildman–Crippen LogP) is 3.81. The minimum absolute atomic E-state index is 0.0707. The molecule has 4 unspecified atom stereocenters. The van der Waals surface area contributed by atoms with Crippen molar-refractivity contribution in [2.45, 2.75) is 98.4 Å². The molecule has 36 heavy (non-hydrogen) atoms. The molecule has 0 heterocycles. The minimum Gasteiger partial charge on any atom is -0.508 e. The first-order valence-electron chi connectivity index (χ1n) is 12.8. The molecule has 0 saturated heterocycles. The molecule has 1 aromatic carbocycles. The number of aliphatic hydroxyl groups is 1. The smallest absolute Gasteiger partial charge is 0.408 e. The summed E-state index contributed by atoms with van der Waals surface area (Å²) >= 11 is 0. The average Bonchev–Trinajstić information content (AvgIpc) is 2.77. The van der Waals surface area contributed by atoms with E-state index in [4.69, 9.17) is 4.74 Å². The van der Waals surface area contributed by atoms with E-state index in [1.807, 2.05) is 27.7 Å². The van der Waals surface area contributed by atoms with Gasteiger partial charge in [0.05, 0.1) is 6.61 Å². The van der Waals surface area contributed by atoms with Crippen molar-refractivity contribution in [2.75, 3.05) is 13.2 Å². The van der Waals surface area contributed by atoms with E-state index in [0.717, 1.165) is 12.8 Å². The van der Waals surface area contributed by atoms with Gasteiger partial charge in [0.25, 0.3) is 0 Å². The standard InChI is InChI=1S/C27H45N3O6/c1-9-11-19(5)28-24(33)23(20-12-13-21(32)18(4)16-20)30(14-15-31)25(34)22(17(3)10-2)29-26(35)36-27(6,7)8/h12-13,16-17,19,22-23,31-32H,9-11,14-15H2,1-8H3,(H,28,33)(H,29,35). The number of aromatic hydroxyl groups is 1. The molecule has 3 amide bonds. The van der Waals surface area contributed by atoms with Gasteiger partial charge in [-0.05, 0) is 70.2 Å². The van der Waals surface area contributed by atoms with Crippen molar-refractivity contribution < 1.29 is 29.3 Å². The van der Waals surface area contributed by atoms with Crippen LogP contribution in [0.3, 0.4) is 0 Å². The van der Waals surface area contributed by atoms with Gasteiger partial charge in [0.1, 0.15) is 23.4 Å². The maximum atomic E-state index is 13.9. The Morgan fingerprint density at radius 3 is 2.25 bits per heavy atom. The molecule has 9 heteroatoms. The highest BCUT2D eigenvalue weighted by Crippen LogP contribution is 2.28. The Hall–Kier alpha value is -2.81. The zero-order valence-electron chi connectivity index (χ0n) is 23.1. The number of carbonyl (C=O) groups is 3. The van der Waals surface area contributed by atoms with Crippen LogP contribution < -0.4 is 10.6 Å². The third kappa shape index (κ3) is 9.33. The van der Waals surface area contributed by atoms with Crippen molar-refractivity contribution in [3.8, 4) is 5.75 Å². The number of carbonyl (C=O) groups excluding carboxylic acids is 3. The molecule has 0 fully saturated rings. The van der Waals surface area contributed by atoms with Gasteiger partial charge in [-0.1, -0.05) is 39.7 Å². The molecule has 0 saturated carbocycles. The van der Waals surface area contributed by atoms with E-state index in [9.17, 15) is 24.6 Å². The summed E-state index contributed by atoms with van der Waals surface area (Å²) in [6, 6.07) is 2.55. The topological polar surface area (TPSA) is 128 Å². The molecular weight excluding hydrogens is 462 g/mol. The van der Waals surface area contributed by atoms with Crippen molar-refractivity contribution in [3.63, 3.8) is 0 Å². The number of rotatable bonds is 12. The lowest BCUT2D eigenvalue weighted by Gasteiger charge is -2.36. The zero-order chi connectivity index (χ0) is 27.6. The van der Waals surface area contributed by atoms with Crippen molar-refractivity contribution in [1.29, 1.82) is 0 Å². The zero-order valence-corrected chi connectivity index (χ0v) is 23.1. The third-order valence-electron chi connectivity index (χ3n) is 5.98. The fraction of sp³-hybridized carbons (Fsp3) is 0.667. The Labute approximate surface area is 215 Å². The number of aliphatic hydroxyl groups excluding tert-OH is 1. The monoisotopic (exact) mass is 507 g/mol. The summed E-state index contributed by atoms with van der Waals surface area (Å²) in [6.45, 7) is 14.0. The Bertz CT molecular complexity index is 883. The highest BCUT2D eigenvalue weighted by atomic mass is 16.6. The number of ether oxygens (including phenoxy) is 1. The van der Waals surface area contributed by atoms with Crippen LogP contribution in [0.1, 0.15) is 84.9 Å². The molecule has 4 N–H and O–H groups in total. The number of amides is 3. The van der Waals surface area contributed by atoms with Crippen molar-refractivity contribution in [1.82, 2.24) is 15.5 Å². The molecule has 4 atom stereocenters. The Balaban J connectivity index is 3.51. The van der Waals surface area contributed by atoms with Crippen molar-refractivity contribution >= 4 is 17.9 Å². The van der Waals surface area contributed by atoms with Crippen LogP contribution in [0.5, 0.6) is 5.75 Å². The van der Waals surface area contributed by atoms with Crippen LogP contribution in [0, 0.1) is 12.8 Å². The lowest BCUT2D eigenvalue weighted by molar-refractivity contribution is -0.144. The molecule has 0 radical (unpaired) electrons. The van der Waals surface area contributed by atoms with Crippen LogP contribution in [0.15, 0.2) is 18.2 Å². The van der Waals surface area contributed by atoms with E-state index in [2.05, 4.69) is 10.6 Å². The Kier molecular flexibility index (Phi) is 12.2. The molecule has 0 aliphatic carbocycles. The normalized spacial score (nSPS) is 14.8. The van der Waals surface area contributed by atoms with Crippen LogP contribution in [0.4, 0.5) is 4.79 Å². The van der Waals surface area contributed by atoms with E-state index in [0.29, 0.717) is 17.5 Å². The van der Waals surface area contributed by atoms with E-state index < -0.39 is 35.6 Å². The summed E-state index contributed by atoms with van der Waals surface area (Å²) in [5, 5.41) is 25.6. The highest BCUT2D eigenvalue weighted by molar-refractivity contribution is 5.92. The van der Waals surface area contributed by atoms with Crippen molar-refractivity contribution in [3.05, 3.63) is 29.3 Å². The number of hydrogen-bond donors (Lipinski definition) is 4. The molecule has 0 aliphatic rings. The van der Waals surface area contributed by atoms with E-state index in [1.165, 1.54) is 11.0 Å². The number of hydrogen-bond acceptors (Lipinski definition) is 6. The summed E-state index contributed by atoms with van der Waals surface area (Å²) in [5.41, 5.74) is 0.293. The van der Waals surface area contributed by atoms with Gasteiger partial charge >= 0.3 is 6.09 Å². The first kappa shape index (κ1) is 31.2. The predicted molar refractivity (Wildman–Crippen MR) is 140 cm³/mol. The Morgan fingerprint density at radius 2 is 1.75 bits per heavy atom. The second kappa shape index (κ2) is 14.1. The van der Waals surface area contributed by atoms with Crippen LogP contribution >= 0.6 is 0 Å². The fourth-order valence-corrected chi connectivity index (χ4v) is 3.92. The molecule has 204 valence electrons. The number of phenolic OH excluding ortho intramolecular Hbond substituents is 1. The summed E-state index contributed by atoms with van der Waals surface area (Å²) in [4.78, 5) is 41.4. The molecular formula is C27H45N3O6. The van der Waals surface area contributed by atoms with Gasteiger partial charge in [-0.2, -0.15) is 0 Å².